The Morgan fingerprint density at radius 2 is 1.62 bits per heavy atom. The van der Waals surface area contributed by atoms with Crippen LogP contribution in [0.25, 0.3) is 0 Å². The van der Waals surface area contributed by atoms with Gasteiger partial charge in [-0.2, -0.15) is 0 Å². The van der Waals surface area contributed by atoms with Crippen molar-refractivity contribution in [2.24, 2.45) is 0 Å². The maximum absolute atomic E-state index is 14.0. The van der Waals surface area contributed by atoms with Crippen molar-refractivity contribution < 1.29 is 27.5 Å². The van der Waals surface area contributed by atoms with Crippen molar-refractivity contribution in [1.82, 2.24) is 10.2 Å². The second kappa shape index (κ2) is 12.7. The van der Waals surface area contributed by atoms with Gasteiger partial charge in [0.05, 0.1) is 24.8 Å². The van der Waals surface area contributed by atoms with Crippen LogP contribution in [0.2, 0.25) is 0 Å². The van der Waals surface area contributed by atoms with Gasteiger partial charge in [-0.25, -0.2) is 8.42 Å². The lowest BCUT2D eigenvalue weighted by Gasteiger charge is -2.32. The van der Waals surface area contributed by atoms with Crippen molar-refractivity contribution in [3.63, 3.8) is 0 Å². The Labute approximate surface area is 230 Å². The van der Waals surface area contributed by atoms with E-state index in [1.165, 1.54) is 44.4 Å². The van der Waals surface area contributed by atoms with E-state index in [1.54, 1.807) is 31.2 Å². The van der Waals surface area contributed by atoms with Gasteiger partial charge in [0, 0.05) is 19.7 Å². The fraction of sp³-hybridized carbons (Fsp3) is 0.310. The Hall–Kier alpha value is -4.05. The summed E-state index contributed by atoms with van der Waals surface area (Å²) in [6.07, 6.45) is 0. The van der Waals surface area contributed by atoms with Crippen molar-refractivity contribution in [1.29, 1.82) is 0 Å². The quantitative estimate of drug-likeness (QED) is 0.389. The minimum Gasteiger partial charge on any atom is -0.497 e. The van der Waals surface area contributed by atoms with Crippen LogP contribution in [-0.4, -0.2) is 59.0 Å². The molecule has 3 aromatic rings. The number of likely N-dealkylation sites (N-methyl/N-ethyl adjacent to an activating group) is 1. The number of carbonyl (C=O) groups excluding carboxylic acids is 2. The van der Waals surface area contributed by atoms with Crippen LogP contribution < -0.4 is 19.1 Å². The van der Waals surface area contributed by atoms with Gasteiger partial charge in [0.25, 0.3) is 10.0 Å². The molecule has 0 fully saturated rings. The molecule has 39 heavy (non-hydrogen) atoms. The molecule has 1 atom stereocenters. The number of rotatable bonds is 11. The maximum Gasteiger partial charge on any atom is 0.264 e. The van der Waals surface area contributed by atoms with E-state index >= 15 is 0 Å². The number of nitrogens with zero attached hydrogens (tertiary/aromatic N) is 2. The summed E-state index contributed by atoms with van der Waals surface area (Å²) in [5.41, 5.74) is 2.81. The summed E-state index contributed by atoms with van der Waals surface area (Å²) in [5, 5.41) is 2.58. The SMILES string of the molecule is CNC(=O)C(C)N(Cc1ccccc1C)C(=O)CN(c1cc(OC)ccc1OC)S(=O)(=O)c1ccc(C)cc1. The number of hydrogen-bond donors (Lipinski definition) is 1. The highest BCUT2D eigenvalue weighted by Crippen LogP contribution is 2.36. The molecule has 0 heterocycles. The van der Waals surface area contributed by atoms with Gasteiger partial charge < -0.3 is 19.7 Å². The van der Waals surface area contributed by atoms with E-state index in [2.05, 4.69) is 5.32 Å². The number of anilines is 1. The van der Waals surface area contributed by atoms with Gasteiger partial charge in [-0.05, 0) is 56.2 Å². The number of nitrogens with one attached hydrogen (secondary N) is 1. The summed E-state index contributed by atoms with van der Waals surface area (Å²) in [6.45, 7) is 4.92. The number of amides is 2. The molecule has 2 amide bonds. The van der Waals surface area contributed by atoms with E-state index in [0.29, 0.717) is 5.75 Å². The lowest BCUT2D eigenvalue weighted by atomic mass is 10.1. The summed E-state index contributed by atoms with van der Waals surface area (Å²) in [4.78, 5) is 28.0. The lowest BCUT2D eigenvalue weighted by Crippen LogP contribution is -2.50. The Balaban J connectivity index is 2.14. The Kier molecular flexibility index (Phi) is 9.58. The minimum absolute atomic E-state index is 0.00979. The van der Waals surface area contributed by atoms with Crippen molar-refractivity contribution >= 4 is 27.5 Å². The monoisotopic (exact) mass is 553 g/mol. The van der Waals surface area contributed by atoms with E-state index in [1.807, 2.05) is 38.1 Å². The topological polar surface area (TPSA) is 105 Å². The number of benzene rings is 3. The molecule has 1 N–H and O–H groups in total. The van der Waals surface area contributed by atoms with E-state index < -0.39 is 28.5 Å². The molecule has 3 aromatic carbocycles. The van der Waals surface area contributed by atoms with E-state index in [4.69, 9.17) is 9.47 Å². The molecule has 0 radical (unpaired) electrons. The molecule has 10 heteroatoms. The van der Waals surface area contributed by atoms with E-state index in [-0.39, 0.29) is 28.8 Å². The Morgan fingerprint density at radius 3 is 2.21 bits per heavy atom. The number of hydrogen-bond acceptors (Lipinski definition) is 6. The van der Waals surface area contributed by atoms with Crippen LogP contribution in [0.15, 0.2) is 71.6 Å². The fourth-order valence-corrected chi connectivity index (χ4v) is 5.52. The maximum atomic E-state index is 14.0. The average molecular weight is 554 g/mol. The van der Waals surface area contributed by atoms with Crippen LogP contribution in [0, 0.1) is 13.8 Å². The molecule has 208 valence electrons. The molecule has 0 bridgehead atoms. The highest BCUT2D eigenvalue weighted by molar-refractivity contribution is 7.92. The highest BCUT2D eigenvalue weighted by Gasteiger charge is 2.34. The molecular formula is C29H35N3O6S. The number of aryl methyl sites for hydroxylation is 2. The molecule has 9 nitrogen and oxygen atoms in total. The number of methoxy groups -OCH3 is 2. The van der Waals surface area contributed by atoms with Crippen LogP contribution in [-0.2, 0) is 26.2 Å². The van der Waals surface area contributed by atoms with Crippen molar-refractivity contribution in [3.05, 3.63) is 83.4 Å². The van der Waals surface area contributed by atoms with Gasteiger partial charge in [-0.15, -0.1) is 0 Å². The van der Waals surface area contributed by atoms with Gasteiger partial charge in [-0.3, -0.25) is 13.9 Å². The smallest absolute Gasteiger partial charge is 0.264 e. The van der Waals surface area contributed by atoms with Crippen molar-refractivity contribution in [3.8, 4) is 11.5 Å². The van der Waals surface area contributed by atoms with Gasteiger partial charge in [0.2, 0.25) is 11.8 Å². The molecule has 0 aliphatic carbocycles. The first-order valence-corrected chi connectivity index (χ1v) is 13.8. The lowest BCUT2D eigenvalue weighted by molar-refractivity contribution is -0.139. The van der Waals surface area contributed by atoms with Gasteiger partial charge in [0.15, 0.2) is 0 Å². The summed E-state index contributed by atoms with van der Waals surface area (Å²) in [6, 6.07) is 17.7. The zero-order valence-corrected chi connectivity index (χ0v) is 23.9. The zero-order valence-electron chi connectivity index (χ0n) is 23.1. The Bertz CT molecular complexity index is 1420. The summed E-state index contributed by atoms with van der Waals surface area (Å²) in [5.74, 6) is -0.305. The first-order chi connectivity index (χ1) is 18.5. The summed E-state index contributed by atoms with van der Waals surface area (Å²) >= 11 is 0. The third-order valence-corrected chi connectivity index (χ3v) is 8.33. The average Bonchev–Trinajstić information content (AvgIpc) is 2.94. The molecule has 0 aliphatic heterocycles. The second-order valence-corrected chi connectivity index (χ2v) is 11.0. The molecule has 0 aromatic heterocycles. The van der Waals surface area contributed by atoms with E-state index in [9.17, 15) is 18.0 Å². The summed E-state index contributed by atoms with van der Waals surface area (Å²) in [7, 11) is 0.132. The largest absolute Gasteiger partial charge is 0.497 e. The van der Waals surface area contributed by atoms with Crippen LogP contribution in [0.1, 0.15) is 23.6 Å². The van der Waals surface area contributed by atoms with Gasteiger partial charge in [0.1, 0.15) is 24.1 Å². The van der Waals surface area contributed by atoms with Gasteiger partial charge >= 0.3 is 0 Å². The molecule has 0 saturated carbocycles. The third-order valence-electron chi connectivity index (χ3n) is 6.56. The molecular weight excluding hydrogens is 518 g/mol. The first-order valence-electron chi connectivity index (χ1n) is 12.4. The molecule has 0 aliphatic rings. The van der Waals surface area contributed by atoms with Gasteiger partial charge in [-0.1, -0.05) is 42.0 Å². The molecule has 0 spiro atoms. The predicted octanol–water partition coefficient (Wildman–Crippen LogP) is 3.68. The van der Waals surface area contributed by atoms with E-state index in [0.717, 1.165) is 21.0 Å². The van der Waals surface area contributed by atoms with Crippen molar-refractivity contribution in [2.75, 3.05) is 32.1 Å². The van der Waals surface area contributed by atoms with Crippen LogP contribution in [0.3, 0.4) is 0 Å². The second-order valence-electron chi connectivity index (χ2n) is 9.10. The summed E-state index contributed by atoms with van der Waals surface area (Å²) < 4.78 is 39.9. The highest BCUT2D eigenvalue weighted by atomic mass is 32.2. The predicted molar refractivity (Wildman–Crippen MR) is 151 cm³/mol. The molecule has 0 saturated heterocycles. The van der Waals surface area contributed by atoms with Crippen molar-refractivity contribution in [2.45, 2.75) is 38.3 Å². The number of sulfonamides is 1. The van der Waals surface area contributed by atoms with Crippen LogP contribution >= 0.6 is 0 Å². The molecule has 3 rings (SSSR count). The third kappa shape index (κ3) is 6.69. The standard InChI is InChI=1S/C29H35N3O6S/c1-20-11-14-25(15-12-20)39(35,36)32(26-17-24(37-5)13-16-27(26)38-6)19-28(33)31(22(3)29(34)30-4)18-23-10-8-7-9-21(23)2/h7-17,22H,18-19H2,1-6H3,(H,30,34). The fourth-order valence-electron chi connectivity index (χ4n) is 4.10. The number of carbonyl (C=O) groups is 2. The zero-order chi connectivity index (χ0) is 28.7. The van der Waals surface area contributed by atoms with Crippen LogP contribution in [0.4, 0.5) is 5.69 Å². The normalized spacial score (nSPS) is 11.8. The van der Waals surface area contributed by atoms with Crippen LogP contribution in [0.5, 0.6) is 11.5 Å². The Morgan fingerprint density at radius 1 is 0.949 bits per heavy atom. The first kappa shape index (κ1) is 29.5. The minimum atomic E-state index is -4.24. The molecule has 1 unspecified atom stereocenters. The number of ether oxygens (including phenoxy) is 2.